The molecule has 5 fully saturated rings. The molecule has 6 nitrogen and oxygen atoms in total. The van der Waals surface area contributed by atoms with Crippen LogP contribution in [0.1, 0.15) is 68.3 Å². The van der Waals surface area contributed by atoms with Gasteiger partial charge in [0.1, 0.15) is 4.90 Å². The molecule has 1 aromatic heterocycles. The van der Waals surface area contributed by atoms with E-state index in [1.165, 1.54) is 24.6 Å². The van der Waals surface area contributed by atoms with Gasteiger partial charge in [0.05, 0.1) is 5.60 Å². The topological polar surface area (TPSA) is 95.6 Å². The predicted octanol–water partition coefficient (Wildman–Crippen LogP) is 3.08. The number of thioether (sulfide) groups is 1. The Hall–Kier alpha value is -1.21. The Morgan fingerprint density at radius 2 is 1.88 bits per heavy atom. The Labute approximate surface area is 157 Å². The number of aromatic nitrogens is 1. The molecule has 6 rings (SSSR count). The van der Waals surface area contributed by atoms with Gasteiger partial charge in [0, 0.05) is 11.3 Å². The van der Waals surface area contributed by atoms with E-state index in [1.54, 1.807) is 0 Å². The Bertz CT molecular complexity index is 698. The van der Waals surface area contributed by atoms with Gasteiger partial charge in [-0.3, -0.25) is 4.79 Å². The third-order valence-corrected chi connectivity index (χ3v) is 8.37. The maximum Gasteiger partial charge on any atom is 0.291 e. The largest absolute Gasteiger partial charge is 0.490 e. The molecule has 5 aliphatic rings. The number of amides is 1. The minimum atomic E-state index is -0.508. The van der Waals surface area contributed by atoms with Gasteiger partial charge in [-0.15, -0.1) is 11.8 Å². The van der Waals surface area contributed by atoms with Gasteiger partial charge in [-0.2, -0.15) is 0 Å². The van der Waals surface area contributed by atoms with Gasteiger partial charge in [0.25, 0.3) is 11.8 Å². The van der Waals surface area contributed by atoms with Gasteiger partial charge < -0.3 is 20.1 Å². The van der Waals surface area contributed by atoms with Crippen LogP contribution in [0.5, 0.6) is 5.88 Å². The third-order valence-electron chi connectivity index (χ3n) is 6.96. The van der Waals surface area contributed by atoms with E-state index < -0.39 is 5.60 Å². The van der Waals surface area contributed by atoms with Gasteiger partial charge in [-0.1, -0.05) is 12.8 Å². The Balaban J connectivity index is 1.32. The number of nitrogens with one attached hydrogen (secondary N) is 1. The highest BCUT2D eigenvalue weighted by atomic mass is 32.2. The average Bonchev–Trinajstić information content (AvgIpc) is 3.20. The van der Waals surface area contributed by atoms with E-state index in [0.717, 1.165) is 44.9 Å². The number of rotatable bonds is 4. The van der Waals surface area contributed by atoms with Crippen LogP contribution in [-0.2, 0) is 0 Å². The maximum atomic E-state index is 12.9. The number of aliphatic hydroxyl groups is 1. The average molecular weight is 378 g/mol. The molecule has 5 aliphatic carbocycles. The van der Waals surface area contributed by atoms with Crippen molar-refractivity contribution in [2.24, 2.45) is 17.8 Å². The minimum Gasteiger partial charge on any atom is -0.490 e. The van der Waals surface area contributed by atoms with Crippen molar-refractivity contribution >= 4 is 17.7 Å². The van der Waals surface area contributed by atoms with Gasteiger partial charge in [0.2, 0.25) is 5.76 Å². The second-order valence-electron chi connectivity index (χ2n) is 8.88. The molecule has 1 amide bonds. The highest BCUT2D eigenvalue weighted by Crippen LogP contribution is 2.55. The zero-order chi connectivity index (χ0) is 17.9. The van der Waals surface area contributed by atoms with Gasteiger partial charge in [-0.05, 0) is 67.9 Å². The number of carbonyl (C=O) groups is 1. The van der Waals surface area contributed by atoms with Crippen LogP contribution >= 0.6 is 11.8 Å². The van der Waals surface area contributed by atoms with E-state index >= 15 is 0 Å². The second kappa shape index (κ2) is 6.16. The van der Waals surface area contributed by atoms with Crippen LogP contribution in [-0.4, -0.2) is 38.2 Å². The van der Waals surface area contributed by atoms with Gasteiger partial charge in [0.15, 0.2) is 0 Å². The molecular formula is C19H26N2O4S. The van der Waals surface area contributed by atoms with E-state index in [0.29, 0.717) is 27.9 Å². The molecule has 0 radical (unpaired) electrons. The van der Waals surface area contributed by atoms with E-state index in [2.05, 4.69) is 10.5 Å². The van der Waals surface area contributed by atoms with E-state index in [1.807, 2.05) is 0 Å². The van der Waals surface area contributed by atoms with Crippen LogP contribution in [0.3, 0.4) is 0 Å². The number of carbonyl (C=O) groups excluding carboxylic acids is 1. The fourth-order valence-electron chi connectivity index (χ4n) is 6.13. The van der Waals surface area contributed by atoms with Crippen molar-refractivity contribution in [2.75, 3.05) is 0 Å². The van der Waals surface area contributed by atoms with E-state index in [-0.39, 0.29) is 23.6 Å². The van der Waals surface area contributed by atoms with Crippen molar-refractivity contribution in [3.63, 3.8) is 0 Å². The zero-order valence-corrected chi connectivity index (χ0v) is 15.6. The summed E-state index contributed by atoms with van der Waals surface area (Å²) in [4.78, 5) is 13.4. The lowest BCUT2D eigenvalue weighted by molar-refractivity contribution is -0.137. The first-order chi connectivity index (χ1) is 12.5. The number of hydrogen-bond donors (Lipinski definition) is 3. The summed E-state index contributed by atoms with van der Waals surface area (Å²) in [6.07, 6.45) is 9.28. The molecule has 1 heterocycles. The normalized spacial score (nSPS) is 38.8. The third kappa shape index (κ3) is 2.83. The molecule has 26 heavy (non-hydrogen) atoms. The van der Waals surface area contributed by atoms with Gasteiger partial charge in [-0.25, -0.2) is 0 Å². The van der Waals surface area contributed by atoms with Crippen LogP contribution in [0, 0.1) is 17.8 Å². The fourth-order valence-corrected chi connectivity index (χ4v) is 7.41. The highest BCUT2D eigenvalue weighted by Gasteiger charge is 2.55. The number of hydrogen-bond acceptors (Lipinski definition) is 6. The van der Waals surface area contributed by atoms with Crippen LogP contribution < -0.4 is 5.32 Å². The lowest BCUT2D eigenvalue weighted by Crippen LogP contribution is -2.61. The molecule has 3 N–H and O–H groups in total. The second-order valence-corrected chi connectivity index (χ2v) is 10.2. The predicted molar refractivity (Wildman–Crippen MR) is 96.0 cm³/mol. The minimum absolute atomic E-state index is 0.0934. The molecule has 0 aliphatic heterocycles. The summed E-state index contributed by atoms with van der Waals surface area (Å²) < 4.78 is 5.20. The Morgan fingerprint density at radius 1 is 1.19 bits per heavy atom. The van der Waals surface area contributed by atoms with E-state index in [4.69, 9.17) is 4.52 Å². The van der Waals surface area contributed by atoms with Crippen LogP contribution in [0.25, 0.3) is 0 Å². The van der Waals surface area contributed by atoms with Crippen LogP contribution in [0.2, 0.25) is 0 Å². The SMILES string of the molecule is O=C(N[C@H]1C2CC3CC1C[C@](O)(C3)C2)c1onc(O)c1SC1CCCC1. The quantitative estimate of drug-likeness (QED) is 0.745. The summed E-state index contributed by atoms with van der Waals surface area (Å²) in [6.45, 7) is 0. The Morgan fingerprint density at radius 3 is 2.54 bits per heavy atom. The molecule has 2 unspecified atom stereocenters. The smallest absolute Gasteiger partial charge is 0.291 e. The lowest BCUT2D eigenvalue weighted by atomic mass is 9.52. The van der Waals surface area contributed by atoms with E-state index in [9.17, 15) is 15.0 Å². The molecule has 0 aromatic carbocycles. The fraction of sp³-hybridized carbons (Fsp3) is 0.789. The highest BCUT2D eigenvalue weighted by molar-refractivity contribution is 8.00. The molecule has 5 saturated carbocycles. The standard InChI is InChI=1S/C19H26N2O4S/c22-17(15-16(18(23)21-25-15)26-13-3-1-2-4-13)20-14-11-5-10-6-12(14)9-19(24,7-10)8-11/h10-14,24H,1-9H2,(H,20,22)(H,21,23)/t10?,11?,12?,14-,19-. The molecule has 2 atom stereocenters. The summed E-state index contributed by atoms with van der Waals surface area (Å²) in [6, 6.07) is 0.0934. The zero-order valence-electron chi connectivity index (χ0n) is 14.8. The van der Waals surface area contributed by atoms with Crippen molar-refractivity contribution in [3.8, 4) is 5.88 Å². The molecule has 1 aromatic rings. The summed E-state index contributed by atoms with van der Waals surface area (Å²) in [5, 5.41) is 28.0. The van der Waals surface area contributed by atoms with Crippen LogP contribution in [0.15, 0.2) is 9.42 Å². The van der Waals surface area contributed by atoms with Crippen molar-refractivity contribution in [2.45, 2.75) is 79.6 Å². The van der Waals surface area contributed by atoms with Crippen molar-refractivity contribution in [1.29, 1.82) is 0 Å². The molecule has 0 spiro atoms. The summed E-state index contributed by atoms with van der Waals surface area (Å²) in [5.74, 6) is 0.991. The number of nitrogens with zero attached hydrogens (tertiary/aromatic N) is 1. The summed E-state index contributed by atoms with van der Waals surface area (Å²) in [7, 11) is 0. The summed E-state index contributed by atoms with van der Waals surface area (Å²) in [5.41, 5.74) is -0.508. The Kier molecular flexibility index (Phi) is 4.01. The first-order valence-corrected chi connectivity index (χ1v) is 10.8. The molecule has 7 heteroatoms. The first kappa shape index (κ1) is 16.9. The van der Waals surface area contributed by atoms with Crippen molar-refractivity contribution in [3.05, 3.63) is 5.76 Å². The number of aromatic hydroxyl groups is 1. The van der Waals surface area contributed by atoms with Crippen molar-refractivity contribution in [1.82, 2.24) is 10.5 Å². The molecule has 142 valence electrons. The van der Waals surface area contributed by atoms with Crippen LogP contribution in [0.4, 0.5) is 0 Å². The molecular weight excluding hydrogens is 352 g/mol. The molecule has 4 bridgehead atoms. The summed E-state index contributed by atoms with van der Waals surface area (Å²) >= 11 is 1.52. The first-order valence-electron chi connectivity index (χ1n) is 9.89. The molecule has 0 saturated heterocycles. The van der Waals surface area contributed by atoms with Crippen molar-refractivity contribution < 1.29 is 19.5 Å². The maximum absolute atomic E-state index is 12.9. The lowest BCUT2D eigenvalue weighted by Gasteiger charge is -2.58. The van der Waals surface area contributed by atoms with Gasteiger partial charge >= 0.3 is 0 Å². The monoisotopic (exact) mass is 378 g/mol.